The molecule has 66 heavy (non-hydrogen) atoms. The molecule has 9 N–H and O–H groups in total. The van der Waals surface area contributed by atoms with Gasteiger partial charge in [0.1, 0.15) is 37.3 Å². The van der Waals surface area contributed by atoms with E-state index in [1.807, 2.05) is 37.3 Å². The highest BCUT2D eigenvalue weighted by molar-refractivity contribution is 6.34. The number of carbonyl (C=O) groups is 7. The number of anilines is 2. The van der Waals surface area contributed by atoms with E-state index in [0.717, 1.165) is 46.6 Å². The van der Waals surface area contributed by atoms with E-state index in [1.165, 1.54) is 39.0 Å². The number of hydrogen-bond donors (Lipinski definition) is 7. The Bertz CT molecular complexity index is 2340. The number of nitrogens with two attached hydrogens (primary N) is 1. The number of benzene rings is 2. The maximum Gasteiger partial charge on any atom is 0.328 e. The summed E-state index contributed by atoms with van der Waals surface area (Å²) in [4.78, 5) is 81.3. The number of carboxylic acid groups (broad SMARTS) is 6. The largest absolute Gasteiger partial charge is 0.545 e. The number of nitrogens with one attached hydrogen (secondary N) is 4. The monoisotopic (exact) mass is 935 g/mol. The number of methoxy groups -OCH3 is 1. The molecule has 3 heterocycles. The number of ether oxygens (including phenoxy) is 1. The second-order valence-electron chi connectivity index (χ2n) is 14.9. The van der Waals surface area contributed by atoms with Crippen LogP contribution in [0.4, 0.5) is 11.5 Å². The van der Waals surface area contributed by atoms with Crippen molar-refractivity contribution in [2.24, 2.45) is 0 Å². The number of nitrogens with zero attached hydrogens (tertiary/aromatic N) is 2. The summed E-state index contributed by atoms with van der Waals surface area (Å²) < 4.78 is 8.10. The number of hydrogen-bond acceptors (Lipinski definition) is 13. The van der Waals surface area contributed by atoms with Gasteiger partial charge in [-0.05, 0) is 67.3 Å². The number of piperazine rings is 1. The van der Waals surface area contributed by atoms with Crippen LogP contribution >= 0.6 is 11.6 Å². The first-order chi connectivity index (χ1) is 31.2. The molecule has 1 saturated heterocycles. The zero-order valence-corrected chi connectivity index (χ0v) is 36.8. The number of carboxylic acids is 6. The number of nitrogen functional groups attached to an aromatic ring is 1. The average molecular weight is 936 g/mol. The van der Waals surface area contributed by atoms with E-state index < -0.39 is 35.8 Å². The lowest BCUT2D eigenvalue weighted by Crippen LogP contribution is -3.28. The van der Waals surface area contributed by atoms with Crippen LogP contribution in [0.1, 0.15) is 47.6 Å². The Hall–Kier alpha value is -7.62. The van der Waals surface area contributed by atoms with Crippen molar-refractivity contribution >= 4 is 75.9 Å². The van der Waals surface area contributed by atoms with Crippen molar-refractivity contribution in [1.82, 2.24) is 9.55 Å². The van der Waals surface area contributed by atoms with Crippen molar-refractivity contribution in [2.75, 3.05) is 51.4 Å². The molecule has 22 heteroatoms. The highest BCUT2D eigenvalue weighted by Crippen LogP contribution is 2.39. The summed E-state index contributed by atoms with van der Waals surface area (Å²) in [6.07, 6.45) is 11.5. The number of halogens is 1. The maximum absolute atomic E-state index is 13.1. The summed E-state index contributed by atoms with van der Waals surface area (Å²) in [5.74, 6) is -7.65. The minimum absolute atomic E-state index is 0.279. The number of aromatic nitrogens is 3. The third-order valence-electron chi connectivity index (χ3n) is 10.4. The van der Waals surface area contributed by atoms with E-state index in [0.29, 0.717) is 70.3 Å². The molecule has 2 aliphatic rings. The van der Waals surface area contributed by atoms with Crippen LogP contribution in [0.3, 0.4) is 0 Å². The molecule has 352 valence electrons. The van der Waals surface area contributed by atoms with Gasteiger partial charge in [0.25, 0.3) is 5.91 Å². The van der Waals surface area contributed by atoms with Gasteiger partial charge in [-0.3, -0.25) is 9.36 Å². The Morgan fingerprint density at radius 2 is 1.39 bits per heavy atom. The number of H-pyrrole nitrogens is 1. The van der Waals surface area contributed by atoms with Gasteiger partial charge in [0.05, 0.1) is 66.6 Å². The van der Waals surface area contributed by atoms with Gasteiger partial charge in [0.2, 0.25) is 17.8 Å². The molecule has 21 nitrogen and oxygen atoms in total. The number of aromatic amines is 1. The quantitative estimate of drug-likeness (QED) is 0.0714. The average Bonchev–Trinajstić information content (AvgIpc) is 3.66. The van der Waals surface area contributed by atoms with E-state index in [9.17, 15) is 48.9 Å². The molecule has 1 saturated carbocycles. The molecule has 0 unspecified atom stereocenters. The van der Waals surface area contributed by atoms with Gasteiger partial charge in [-0.1, -0.05) is 34.8 Å². The van der Waals surface area contributed by atoms with Crippen LogP contribution in [0.25, 0.3) is 22.2 Å². The number of amides is 1. The fourth-order valence-electron chi connectivity index (χ4n) is 7.32. The van der Waals surface area contributed by atoms with Gasteiger partial charge in [-0.15, -0.1) is 0 Å². The number of fused-ring (bicyclic) bond motifs is 1. The maximum atomic E-state index is 13.1. The number of aryl methyl sites for hydroxylation is 1. The number of carbonyl (C=O) groups excluding carboxylic acids is 4. The predicted molar refractivity (Wildman–Crippen MR) is 231 cm³/mol. The van der Waals surface area contributed by atoms with Crippen LogP contribution in [-0.2, 0) is 28.8 Å². The van der Waals surface area contributed by atoms with Crippen LogP contribution in [0.15, 0.2) is 85.4 Å². The third kappa shape index (κ3) is 16.5. The minimum atomic E-state index is -1.51. The van der Waals surface area contributed by atoms with E-state index in [-0.39, 0.29) is 5.91 Å². The molecule has 2 aromatic carbocycles. The second kappa shape index (κ2) is 25.6. The zero-order valence-electron chi connectivity index (χ0n) is 36.1. The molecule has 2 aromatic heterocycles. The standard InChI is InChI=1S/C32H38ClN7O2.3C4H4O4/c1-20-5-4-6-25(33)28(20)32(41)37-26-12-7-21(17-27(26)42-3)24-18-40(31-29(24)30(34)35-19-36-31)23-10-8-22(9-11-23)39-15-13-38(2)14-16-39;3*5-3(6)1-2-4(7)8/h4-7,12,17-19,22-23H,8-11,13-16H2,1-3H3,(H,37,41)(H2,34,35,36);3*1-2H,(H,5,6)(H,7,8)/b;3*2-1-. The first-order valence-corrected chi connectivity index (χ1v) is 20.5. The van der Waals surface area contributed by atoms with Gasteiger partial charge in [-0.2, -0.15) is 0 Å². The summed E-state index contributed by atoms with van der Waals surface area (Å²) in [7, 11) is 3.91. The highest BCUT2D eigenvalue weighted by Gasteiger charge is 2.35. The Kier molecular flexibility index (Phi) is 20.5. The Morgan fingerprint density at radius 1 is 0.848 bits per heavy atom. The molecule has 0 radical (unpaired) electrons. The summed E-state index contributed by atoms with van der Waals surface area (Å²) in [6, 6.07) is 12.4. The van der Waals surface area contributed by atoms with Crippen LogP contribution in [0, 0.1) is 6.92 Å². The molecule has 2 fully saturated rings. The highest BCUT2D eigenvalue weighted by atomic mass is 35.5. The lowest BCUT2D eigenvalue weighted by molar-refractivity contribution is -1.02. The number of likely N-dealkylation sites (N-methyl/N-ethyl adjacent to an activating group) is 1. The number of aliphatic carboxylic acids is 6. The summed E-state index contributed by atoms with van der Waals surface area (Å²) in [6.45, 7) is 6.97. The van der Waals surface area contributed by atoms with Crippen LogP contribution in [0.2, 0.25) is 5.02 Å². The van der Waals surface area contributed by atoms with Crippen molar-refractivity contribution in [1.29, 1.82) is 0 Å². The summed E-state index contributed by atoms with van der Waals surface area (Å²) in [5, 5.41) is 56.0. The van der Waals surface area contributed by atoms with E-state index in [4.69, 9.17) is 37.4 Å². The molecular formula is C44H50ClN7O14. The first-order valence-electron chi connectivity index (χ1n) is 20.2. The molecule has 0 spiro atoms. The summed E-state index contributed by atoms with van der Waals surface area (Å²) in [5.41, 5.74) is 11.2. The van der Waals surface area contributed by atoms with Crippen LogP contribution in [0.5, 0.6) is 5.75 Å². The Labute approximate surface area is 382 Å². The van der Waals surface area contributed by atoms with Crippen LogP contribution < -0.4 is 45.9 Å². The lowest BCUT2D eigenvalue weighted by Gasteiger charge is -2.36. The smallest absolute Gasteiger partial charge is 0.328 e. The van der Waals surface area contributed by atoms with Gasteiger partial charge < -0.3 is 70.6 Å². The van der Waals surface area contributed by atoms with Crippen molar-refractivity contribution in [3.8, 4) is 16.9 Å². The fourth-order valence-corrected chi connectivity index (χ4v) is 7.63. The van der Waals surface area contributed by atoms with Crippen molar-refractivity contribution < 1.29 is 83.7 Å². The Morgan fingerprint density at radius 3 is 1.86 bits per heavy atom. The zero-order chi connectivity index (χ0) is 49.1. The van der Waals surface area contributed by atoms with Crippen molar-refractivity contribution in [3.63, 3.8) is 0 Å². The predicted octanol–water partition coefficient (Wildman–Crippen LogP) is -2.65. The third-order valence-corrected chi connectivity index (χ3v) is 10.7. The molecule has 6 rings (SSSR count). The normalized spacial score (nSPS) is 17.9. The van der Waals surface area contributed by atoms with Crippen molar-refractivity contribution in [2.45, 2.75) is 44.7 Å². The van der Waals surface area contributed by atoms with Gasteiger partial charge in [0, 0.05) is 36.6 Å². The molecule has 1 aliphatic heterocycles. The number of rotatable bonds is 12. The van der Waals surface area contributed by atoms with E-state index in [2.05, 4.69) is 33.1 Å². The SMILES string of the molecule is COc1cc(-c2cn(C3CCC([NH+]4CC[NH+](C)CC4)CC3)c3[nH+]cnc(N)c23)ccc1NC(=O)c1c(C)cccc1Cl.O=C([O-])/C=C\C(=O)O.O=C([O-])/C=C\C(=O)O.O=C([O-])/C=C\C(=O)O. The van der Waals surface area contributed by atoms with E-state index in [1.54, 1.807) is 29.3 Å². The van der Waals surface area contributed by atoms with Gasteiger partial charge in [0.15, 0.2) is 0 Å². The molecule has 1 amide bonds. The molecule has 4 aromatic rings. The Balaban J connectivity index is 0.000000394. The molecule has 1 aliphatic carbocycles. The van der Waals surface area contributed by atoms with Crippen molar-refractivity contribution in [3.05, 3.63) is 102 Å². The topological polar surface area (TPSA) is 337 Å². The summed E-state index contributed by atoms with van der Waals surface area (Å²) >= 11 is 6.34. The molecule has 0 bridgehead atoms. The second-order valence-corrected chi connectivity index (χ2v) is 15.3. The lowest BCUT2D eigenvalue weighted by atomic mass is 9.89. The van der Waals surface area contributed by atoms with E-state index >= 15 is 0 Å². The van der Waals surface area contributed by atoms with Gasteiger partial charge in [-0.25, -0.2) is 19.4 Å². The molecule has 0 atom stereocenters. The molecular weight excluding hydrogens is 886 g/mol. The van der Waals surface area contributed by atoms with Crippen LogP contribution in [-0.4, -0.2) is 113 Å². The first kappa shape index (κ1) is 52.7. The number of quaternary nitrogens is 2. The van der Waals surface area contributed by atoms with Gasteiger partial charge >= 0.3 is 17.9 Å². The minimum Gasteiger partial charge on any atom is -0.545 e. The fraction of sp³-hybridized carbons (Fsp3) is 0.295.